The number of benzene rings is 1. The van der Waals surface area contributed by atoms with Crippen molar-refractivity contribution in [3.05, 3.63) is 50.3 Å². The first-order chi connectivity index (χ1) is 10.1. The van der Waals surface area contributed by atoms with E-state index in [4.69, 9.17) is 0 Å². The van der Waals surface area contributed by atoms with Gasteiger partial charge in [0, 0.05) is 27.7 Å². The molecule has 1 heterocycles. The van der Waals surface area contributed by atoms with Crippen LogP contribution in [0.2, 0.25) is 0 Å². The molecule has 0 spiro atoms. The first kappa shape index (κ1) is 16.3. The Kier molecular flexibility index (Phi) is 6.02. The summed E-state index contributed by atoms with van der Waals surface area (Å²) in [6.45, 7) is 2.90. The summed E-state index contributed by atoms with van der Waals surface area (Å²) in [7, 11) is 1.92. The van der Waals surface area contributed by atoms with Crippen molar-refractivity contribution in [3.8, 4) is 0 Å². The second kappa shape index (κ2) is 7.77. The molecular weight excluding hydrogens is 350 g/mol. The summed E-state index contributed by atoms with van der Waals surface area (Å²) in [4.78, 5) is 20.0. The van der Waals surface area contributed by atoms with Gasteiger partial charge in [-0.1, -0.05) is 31.2 Å². The molecule has 0 fully saturated rings. The predicted octanol–water partition coefficient (Wildman–Crippen LogP) is 3.36. The van der Waals surface area contributed by atoms with Gasteiger partial charge in [0.15, 0.2) is 5.16 Å². The summed E-state index contributed by atoms with van der Waals surface area (Å²) in [5.41, 5.74) is 1.94. The standard InChI is InChI=1S/C15H18BrN3OS/c1-3-4-11-8-14(20)19-15(18-11)21-13-6-5-10(9-17-2)7-12(13)16/h5-8,17H,3-4,9H2,1-2H3,(H,18,19,20). The highest BCUT2D eigenvalue weighted by Gasteiger charge is 2.07. The van der Waals surface area contributed by atoms with Crippen LogP contribution in [0.3, 0.4) is 0 Å². The van der Waals surface area contributed by atoms with Crippen molar-refractivity contribution >= 4 is 27.7 Å². The average Bonchev–Trinajstić information content (AvgIpc) is 2.42. The number of rotatable bonds is 6. The van der Waals surface area contributed by atoms with Crippen LogP contribution in [0.1, 0.15) is 24.6 Å². The first-order valence-electron chi connectivity index (χ1n) is 6.83. The molecular formula is C15H18BrN3OS. The molecule has 0 atom stereocenters. The minimum atomic E-state index is -0.0983. The van der Waals surface area contributed by atoms with E-state index in [1.165, 1.54) is 17.3 Å². The first-order valence-corrected chi connectivity index (χ1v) is 8.44. The lowest BCUT2D eigenvalue weighted by molar-refractivity contribution is 0.813. The minimum Gasteiger partial charge on any atom is -0.316 e. The highest BCUT2D eigenvalue weighted by molar-refractivity contribution is 9.10. The summed E-state index contributed by atoms with van der Waals surface area (Å²) in [5.74, 6) is 0. The maximum atomic E-state index is 11.7. The second-order valence-corrected chi connectivity index (χ2v) is 6.57. The zero-order valence-corrected chi connectivity index (χ0v) is 14.5. The number of aromatic amines is 1. The van der Waals surface area contributed by atoms with E-state index in [-0.39, 0.29) is 5.56 Å². The Morgan fingerprint density at radius 1 is 1.38 bits per heavy atom. The third-order valence-corrected chi connectivity index (χ3v) is 4.74. The third kappa shape index (κ3) is 4.69. The fourth-order valence-corrected chi connectivity index (χ4v) is 3.45. The molecule has 4 nitrogen and oxygen atoms in total. The van der Waals surface area contributed by atoms with Crippen LogP contribution in [0.15, 0.2) is 43.6 Å². The van der Waals surface area contributed by atoms with Gasteiger partial charge in [0.25, 0.3) is 5.56 Å². The highest BCUT2D eigenvalue weighted by Crippen LogP contribution is 2.32. The van der Waals surface area contributed by atoms with Crippen molar-refractivity contribution in [2.75, 3.05) is 7.05 Å². The van der Waals surface area contributed by atoms with Crippen LogP contribution in [0.5, 0.6) is 0 Å². The Labute approximate surface area is 136 Å². The van der Waals surface area contributed by atoms with Crippen molar-refractivity contribution in [1.82, 2.24) is 15.3 Å². The van der Waals surface area contributed by atoms with E-state index in [1.807, 2.05) is 13.1 Å². The Morgan fingerprint density at radius 3 is 2.86 bits per heavy atom. The normalized spacial score (nSPS) is 10.8. The van der Waals surface area contributed by atoms with Crippen LogP contribution in [-0.2, 0) is 13.0 Å². The van der Waals surface area contributed by atoms with Gasteiger partial charge >= 0.3 is 0 Å². The quantitative estimate of drug-likeness (QED) is 0.768. The summed E-state index contributed by atoms with van der Waals surface area (Å²) in [5, 5.41) is 3.75. The van der Waals surface area contributed by atoms with Crippen molar-refractivity contribution in [2.24, 2.45) is 0 Å². The minimum absolute atomic E-state index is 0.0983. The maximum Gasteiger partial charge on any atom is 0.251 e. The van der Waals surface area contributed by atoms with Crippen LogP contribution < -0.4 is 10.9 Å². The van der Waals surface area contributed by atoms with Gasteiger partial charge in [-0.05, 0) is 47.1 Å². The zero-order chi connectivity index (χ0) is 15.2. The van der Waals surface area contributed by atoms with E-state index >= 15 is 0 Å². The summed E-state index contributed by atoms with van der Waals surface area (Å²) < 4.78 is 1.00. The van der Waals surface area contributed by atoms with Crippen LogP contribution in [0, 0.1) is 0 Å². The SMILES string of the molecule is CCCc1cc(=O)[nH]c(Sc2ccc(CNC)cc2Br)n1. The maximum absolute atomic E-state index is 11.7. The molecule has 1 aromatic carbocycles. The average molecular weight is 368 g/mol. The number of aromatic nitrogens is 2. The van der Waals surface area contributed by atoms with Crippen LogP contribution in [0.4, 0.5) is 0 Å². The molecule has 0 amide bonds. The number of H-pyrrole nitrogens is 1. The van der Waals surface area contributed by atoms with Crippen LogP contribution >= 0.6 is 27.7 Å². The molecule has 0 radical (unpaired) electrons. The van der Waals surface area contributed by atoms with Gasteiger partial charge in [-0.2, -0.15) is 0 Å². The van der Waals surface area contributed by atoms with Crippen molar-refractivity contribution < 1.29 is 0 Å². The lowest BCUT2D eigenvalue weighted by Gasteiger charge is -2.07. The Balaban J connectivity index is 2.23. The van der Waals surface area contributed by atoms with Crippen molar-refractivity contribution in [1.29, 1.82) is 0 Å². The topological polar surface area (TPSA) is 57.8 Å². The molecule has 0 aliphatic rings. The number of hydrogen-bond donors (Lipinski definition) is 2. The number of hydrogen-bond acceptors (Lipinski definition) is 4. The fourth-order valence-electron chi connectivity index (χ4n) is 1.96. The molecule has 2 aromatic rings. The monoisotopic (exact) mass is 367 g/mol. The summed E-state index contributed by atoms with van der Waals surface area (Å²) in [6, 6.07) is 7.75. The van der Waals surface area contributed by atoms with Gasteiger partial charge in [-0.25, -0.2) is 4.98 Å². The van der Waals surface area contributed by atoms with Gasteiger partial charge in [-0.3, -0.25) is 4.79 Å². The van der Waals surface area contributed by atoms with Gasteiger partial charge in [0.1, 0.15) is 0 Å². The van der Waals surface area contributed by atoms with Crippen LogP contribution in [0.25, 0.3) is 0 Å². The molecule has 0 aliphatic heterocycles. The molecule has 21 heavy (non-hydrogen) atoms. The molecule has 0 saturated carbocycles. The molecule has 0 aliphatic carbocycles. The zero-order valence-electron chi connectivity index (χ0n) is 12.1. The number of halogens is 1. The van der Waals surface area contributed by atoms with Gasteiger partial charge in [0.05, 0.1) is 0 Å². The van der Waals surface area contributed by atoms with E-state index in [2.05, 4.69) is 50.3 Å². The number of nitrogens with zero attached hydrogens (tertiary/aromatic N) is 1. The van der Waals surface area contributed by atoms with Gasteiger partial charge in [-0.15, -0.1) is 0 Å². The second-order valence-electron chi connectivity index (χ2n) is 4.69. The molecule has 6 heteroatoms. The molecule has 0 bridgehead atoms. The van der Waals surface area contributed by atoms with Crippen LogP contribution in [-0.4, -0.2) is 17.0 Å². The fraction of sp³-hybridized carbons (Fsp3) is 0.333. The van der Waals surface area contributed by atoms with Crippen molar-refractivity contribution in [3.63, 3.8) is 0 Å². The van der Waals surface area contributed by atoms with Gasteiger partial charge < -0.3 is 10.3 Å². The predicted molar refractivity (Wildman–Crippen MR) is 89.9 cm³/mol. The van der Waals surface area contributed by atoms with E-state index in [0.29, 0.717) is 5.16 Å². The number of aryl methyl sites for hydroxylation is 1. The lowest BCUT2D eigenvalue weighted by Crippen LogP contribution is -2.09. The Morgan fingerprint density at radius 2 is 2.19 bits per heavy atom. The smallest absolute Gasteiger partial charge is 0.251 e. The third-order valence-electron chi connectivity index (χ3n) is 2.86. The van der Waals surface area contributed by atoms with Crippen molar-refractivity contribution in [2.45, 2.75) is 36.4 Å². The number of nitrogens with one attached hydrogen (secondary N) is 2. The lowest BCUT2D eigenvalue weighted by atomic mass is 10.2. The van der Waals surface area contributed by atoms with E-state index in [0.717, 1.165) is 34.4 Å². The molecule has 2 rings (SSSR count). The molecule has 1 aromatic heterocycles. The summed E-state index contributed by atoms with van der Waals surface area (Å²) in [6.07, 6.45) is 1.79. The van der Waals surface area contributed by atoms with Gasteiger partial charge in [0.2, 0.25) is 0 Å². The van der Waals surface area contributed by atoms with E-state index in [9.17, 15) is 4.79 Å². The summed E-state index contributed by atoms with van der Waals surface area (Å²) >= 11 is 5.04. The molecule has 2 N–H and O–H groups in total. The van der Waals surface area contributed by atoms with E-state index in [1.54, 1.807) is 6.07 Å². The molecule has 112 valence electrons. The molecule has 0 saturated heterocycles. The largest absolute Gasteiger partial charge is 0.316 e. The molecule has 0 unspecified atom stereocenters. The highest BCUT2D eigenvalue weighted by atomic mass is 79.9. The van der Waals surface area contributed by atoms with E-state index < -0.39 is 0 Å². The Bertz CT molecular complexity index is 672. The Hall–Kier alpha value is -1.11.